The molecule has 1 aliphatic heterocycles. The highest BCUT2D eigenvalue weighted by Crippen LogP contribution is 2.33. The lowest BCUT2D eigenvalue weighted by Gasteiger charge is -2.17. The van der Waals surface area contributed by atoms with E-state index in [2.05, 4.69) is 4.90 Å². The van der Waals surface area contributed by atoms with Crippen molar-refractivity contribution in [2.24, 2.45) is 11.8 Å². The second-order valence-corrected chi connectivity index (χ2v) is 5.23. The molecule has 2 rings (SSSR count). The van der Waals surface area contributed by atoms with Crippen molar-refractivity contribution in [3.63, 3.8) is 0 Å². The van der Waals surface area contributed by atoms with Crippen LogP contribution in [0.25, 0.3) is 0 Å². The minimum atomic E-state index is 0.351. The fourth-order valence-electron chi connectivity index (χ4n) is 3.19. The van der Waals surface area contributed by atoms with E-state index in [1.165, 1.54) is 38.5 Å². The summed E-state index contributed by atoms with van der Waals surface area (Å²) in [5.74, 6) is 2.14. The molecule has 2 fully saturated rings. The minimum absolute atomic E-state index is 0.351. The molecule has 1 aliphatic carbocycles. The van der Waals surface area contributed by atoms with E-state index in [4.69, 9.17) is 0 Å². The summed E-state index contributed by atoms with van der Waals surface area (Å²) >= 11 is 0. The fourth-order valence-corrected chi connectivity index (χ4v) is 3.19. The van der Waals surface area contributed by atoms with Crippen LogP contribution in [0.4, 0.5) is 0 Å². The summed E-state index contributed by atoms with van der Waals surface area (Å²) in [6.07, 6.45) is 9.08. The number of amides is 1. The molecule has 2 aliphatic rings. The van der Waals surface area contributed by atoms with Crippen molar-refractivity contribution in [3.05, 3.63) is 0 Å². The molecule has 0 N–H and O–H groups in total. The summed E-state index contributed by atoms with van der Waals surface area (Å²) in [6.45, 7) is 4.03. The van der Waals surface area contributed by atoms with Gasteiger partial charge in [-0.1, -0.05) is 32.6 Å². The van der Waals surface area contributed by atoms with Gasteiger partial charge >= 0.3 is 0 Å². The standard InChI is InChI=1S/C13H23NO/c1-2-13(15)14-8-7-12(10-14)9-11-5-3-4-6-11/h11-12H,2-10H2,1H3/t12-/m0/s1. The minimum Gasteiger partial charge on any atom is -0.342 e. The zero-order valence-corrected chi connectivity index (χ0v) is 9.87. The van der Waals surface area contributed by atoms with Gasteiger partial charge in [-0.2, -0.15) is 0 Å². The van der Waals surface area contributed by atoms with Crippen LogP contribution in [0.15, 0.2) is 0 Å². The molecular weight excluding hydrogens is 186 g/mol. The van der Waals surface area contributed by atoms with Crippen LogP contribution < -0.4 is 0 Å². The van der Waals surface area contributed by atoms with Crippen molar-refractivity contribution < 1.29 is 4.79 Å². The summed E-state index contributed by atoms with van der Waals surface area (Å²) in [5.41, 5.74) is 0. The molecular formula is C13H23NO. The summed E-state index contributed by atoms with van der Waals surface area (Å²) in [4.78, 5) is 13.6. The van der Waals surface area contributed by atoms with Crippen molar-refractivity contribution in [2.45, 2.75) is 51.9 Å². The third-order valence-electron chi connectivity index (χ3n) is 4.08. The summed E-state index contributed by atoms with van der Waals surface area (Å²) < 4.78 is 0. The predicted molar refractivity (Wildman–Crippen MR) is 61.6 cm³/mol. The maximum Gasteiger partial charge on any atom is 0.222 e. The molecule has 0 bridgehead atoms. The van der Waals surface area contributed by atoms with Crippen molar-refractivity contribution in [2.75, 3.05) is 13.1 Å². The normalized spacial score (nSPS) is 27.5. The lowest BCUT2D eigenvalue weighted by Crippen LogP contribution is -2.27. The van der Waals surface area contributed by atoms with Crippen LogP contribution in [-0.2, 0) is 4.79 Å². The van der Waals surface area contributed by atoms with E-state index in [1.807, 2.05) is 6.92 Å². The zero-order chi connectivity index (χ0) is 10.7. The second kappa shape index (κ2) is 5.00. The first kappa shape index (κ1) is 11.0. The molecule has 0 radical (unpaired) electrons. The predicted octanol–water partition coefficient (Wildman–Crippen LogP) is 2.83. The molecule has 2 nitrogen and oxygen atoms in total. The Kier molecular flexibility index (Phi) is 3.66. The Morgan fingerprint density at radius 3 is 2.60 bits per heavy atom. The molecule has 1 amide bonds. The molecule has 0 aromatic heterocycles. The number of rotatable bonds is 3. The molecule has 1 heterocycles. The van der Waals surface area contributed by atoms with Gasteiger partial charge in [-0.05, 0) is 24.7 Å². The maximum absolute atomic E-state index is 11.5. The monoisotopic (exact) mass is 209 g/mol. The van der Waals surface area contributed by atoms with Gasteiger partial charge in [-0.15, -0.1) is 0 Å². The Hall–Kier alpha value is -0.530. The van der Waals surface area contributed by atoms with Crippen LogP contribution in [0.2, 0.25) is 0 Å². The molecule has 0 aromatic carbocycles. The molecule has 0 aromatic rings. The zero-order valence-electron chi connectivity index (χ0n) is 9.87. The van der Waals surface area contributed by atoms with Crippen LogP contribution in [0.1, 0.15) is 51.9 Å². The third-order valence-corrected chi connectivity index (χ3v) is 4.08. The van der Waals surface area contributed by atoms with E-state index >= 15 is 0 Å². The first-order chi connectivity index (χ1) is 7.29. The Bertz CT molecular complexity index is 221. The summed E-state index contributed by atoms with van der Waals surface area (Å²) in [7, 11) is 0. The van der Waals surface area contributed by atoms with Crippen LogP contribution in [-0.4, -0.2) is 23.9 Å². The van der Waals surface area contributed by atoms with Crippen molar-refractivity contribution in [3.8, 4) is 0 Å². The van der Waals surface area contributed by atoms with Gasteiger partial charge in [0.15, 0.2) is 0 Å². The first-order valence-corrected chi connectivity index (χ1v) is 6.57. The van der Waals surface area contributed by atoms with Crippen LogP contribution in [0.5, 0.6) is 0 Å². The summed E-state index contributed by atoms with van der Waals surface area (Å²) in [5, 5.41) is 0. The smallest absolute Gasteiger partial charge is 0.222 e. The van der Waals surface area contributed by atoms with Crippen LogP contribution >= 0.6 is 0 Å². The maximum atomic E-state index is 11.5. The third kappa shape index (κ3) is 2.73. The van der Waals surface area contributed by atoms with E-state index in [9.17, 15) is 4.79 Å². The topological polar surface area (TPSA) is 20.3 Å². The second-order valence-electron chi connectivity index (χ2n) is 5.23. The molecule has 15 heavy (non-hydrogen) atoms. The van der Waals surface area contributed by atoms with E-state index in [1.54, 1.807) is 0 Å². The summed E-state index contributed by atoms with van der Waals surface area (Å²) in [6, 6.07) is 0. The van der Waals surface area contributed by atoms with Crippen molar-refractivity contribution in [1.29, 1.82) is 0 Å². The highest BCUT2D eigenvalue weighted by atomic mass is 16.2. The van der Waals surface area contributed by atoms with Gasteiger partial charge in [0.2, 0.25) is 5.91 Å². The first-order valence-electron chi connectivity index (χ1n) is 6.57. The Morgan fingerprint density at radius 1 is 1.20 bits per heavy atom. The van der Waals surface area contributed by atoms with Gasteiger partial charge in [0.25, 0.3) is 0 Å². The number of nitrogens with zero attached hydrogens (tertiary/aromatic N) is 1. The lowest BCUT2D eigenvalue weighted by molar-refractivity contribution is -0.129. The number of carbonyl (C=O) groups is 1. The lowest BCUT2D eigenvalue weighted by atomic mass is 9.93. The van der Waals surface area contributed by atoms with E-state index in [0.29, 0.717) is 12.3 Å². The molecule has 0 unspecified atom stereocenters. The fraction of sp³-hybridized carbons (Fsp3) is 0.923. The van der Waals surface area contributed by atoms with Crippen LogP contribution in [0.3, 0.4) is 0 Å². The number of hydrogen-bond donors (Lipinski definition) is 0. The van der Waals surface area contributed by atoms with Gasteiger partial charge in [-0.25, -0.2) is 0 Å². The highest BCUT2D eigenvalue weighted by molar-refractivity contribution is 5.76. The van der Waals surface area contributed by atoms with Gasteiger partial charge in [0, 0.05) is 19.5 Å². The van der Waals surface area contributed by atoms with E-state index in [0.717, 1.165) is 24.9 Å². The number of hydrogen-bond acceptors (Lipinski definition) is 1. The molecule has 86 valence electrons. The SMILES string of the molecule is CCC(=O)N1CC[C@@H](CC2CCCC2)C1. The van der Waals surface area contributed by atoms with Gasteiger partial charge in [0.1, 0.15) is 0 Å². The van der Waals surface area contributed by atoms with Crippen molar-refractivity contribution in [1.82, 2.24) is 4.90 Å². The highest BCUT2D eigenvalue weighted by Gasteiger charge is 2.28. The average molecular weight is 209 g/mol. The van der Waals surface area contributed by atoms with Crippen LogP contribution in [0, 0.1) is 11.8 Å². The largest absolute Gasteiger partial charge is 0.342 e. The van der Waals surface area contributed by atoms with Gasteiger partial charge < -0.3 is 4.90 Å². The molecule has 1 saturated carbocycles. The van der Waals surface area contributed by atoms with Gasteiger partial charge in [0.05, 0.1) is 0 Å². The van der Waals surface area contributed by atoms with Gasteiger partial charge in [-0.3, -0.25) is 4.79 Å². The molecule has 2 heteroatoms. The van der Waals surface area contributed by atoms with E-state index < -0.39 is 0 Å². The number of carbonyl (C=O) groups excluding carboxylic acids is 1. The van der Waals surface area contributed by atoms with E-state index in [-0.39, 0.29) is 0 Å². The number of likely N-dealkylation sites (tertiary alicyclic amines) is 1. The molecule has 1 saturated heterocycles. The quantitative estimate of drug-likeness (QED) is 0.700. The average Bonchev–Trinajstić information content (AvgIpc) is 2.88. The molecule has 1 atom stereocenters. The Labute approximate surface area is 93.0 Å². The Balaban J connectivity index is 1.74. The molecule has 0 spiro atoms. The van der Waals surface area contributed by atoms with Crippen molar-refractivity contribution >= 4 is 5.91 Å². The Morgan fingerprint density at radius 2 is 1.93 bits per heavy atom.